The molecule has 0 saturated heterocycles. The molecule has 0 fully saturated rings. The lowest BCUT2D eigenvalue weighted by Crippen LogP contribution is -2.38. The number of hydrogen-bond acceptors (Lipinski definition) is 7. The van der Waals surface area contributed by atoms with Gasteiger partial charge >= 0.3 is 12.1 Å². The number of aromatic nitrogens is 1. The first-order chi connectivity index (χ1) is 16.8. The summed E-state index contributed by atoms with van der Waals surface area (Å²) in [6.07, 6.45) is 0.438. The molecular formula is C25H29BrN2O7S. The lowest BCUT2D eigenvalue weighted by Gasteiger charge is -2.23. The van der Waals surface area contributed by atoms with E-state index in [0.29, 0.717) is 9.86 Å². The maximum atomic E-state index is 13.7. The smallest absolute Gasteiger partial charge is 0.408 e. The Morgan fingerprint density at radius 3 is 2.31 bits per heavy atom. The topological polar surface area (TPSA) is 113 Å². The van der Waals surface area contributed by atoms with E-state index < -0.39 is 33.7 Å². The zero-order valence-corrected chi connectivity index (χ0v) is 23.3. The number of carbonyl (C=O) groups excluding carboxylic acids is 2. The molecule has 0 aliphatic rings. The van der Waals surface area contributed by atoms with Crippen LogP contribution in [0.15, 0.2) is 52.0 Å². The summed E-state index contributed by atoms with van der Waals surface area (Å²) in [5.74, 6) is -0.514. The van der Waals surface area contributed by atoms with Gasteiger partial charge in [0.15, 0.2) is 6.04 Å². The minimum absolute atomic E-state index is 0.0476. The van der Waals surface area contributed by atoms with E-state index in [1.54, 1.807) is 52.0 Å². The number of alkyl carbamates (subject to hydrolysis) is 1. The molecular weight excluding hydrogens is 552 g/mol. The molecule has 3 aromatic rings. The van der Waals surface area contributed by atoms with Gasteiger partial charge in [-0.15, -0.1) is 0 Å². The van der Waals surface area contributed by atoms with E-state index in [0.717, 1.165) is 9.54 Å². The van der Waals surface area contributed by atoms with Crippen molar-refractivity contribution in [1.29, 1.82) is 0 Å². The molecule has 1 atom stereocenters. The van der Waals surface area contributed by atoms with E-state index in [1.807, 2.05) is 6.92 Å². The Bertz CT molecular complexity index is 1390. The standard InChI is InChI=1S/C25H29BrN2O7S/c1-7-34-23(29)21(27-24(30)35-25(3,4)5)17-14-28(22-19(33-6)13-12-18(26)20(17)22)36(31,32)16-10-8-15(2)9-11-16/h8-14,21H,7H2,1-6H3,(H,27,30). The van der Waals surface area contributed by atoms with Gasteiger partial charge < -0.3 is 19.5 Å². The van der Waals surface area contributed by atoms with Gasteiger partial charge in [0.1, 0.15) is 16.9 Å². The van der Waals surface area contributed by atoms with Gasteiger partial charge in [0.05, 0.1) is 18.6 Å². The number of hydrogen-bond donors (Lipinski definition) is 1. The van der Waals surface area contributed by atoms with E-state index in [2.05, 4.69) is 21.2 Å². The molecule has 3 rings (SSSR count). The summed E-state index contributed by atoms with van der Waals surface area (Å²) in [4.78, 5) is 25.7. The first-order valence-electron chi connectivity index (χ1n) is 11.2. The zero-order chi connectivity index (χ0) is 26.8. The van der Waals surface area contributed by atoms with Crippen molar-refractivity contribution < 1.29 is 32.2 Å². The van der Waals surface area contributed by atoms with Crippen LogP contribution in [0, 0.1) is 6.92 Å². The second-order valence-electron chi connectivity index (χ2n) is 9.00. The first kappa shape index (κ1) is 27.5. The number of fused-ring (bicyclic) bond motifs is 1. The van der Waals surface area contributed by atoms with Crippen LogP contribution in [0.25, 0.3) is 10.9 Å². The van der Waals surface area contributed by atoms with Gasteiger partial charge in [0.25, 0.3) is 10.0 Å². The van der Waals surface area contributed by atoms with Crippen molar-refractivity contribution >= 4 is 48.9 Å². The number of nitrogens with one attached hydrogen (secondary N) is 1. The van der Waals surface area contributed by atoms with Crippen LogP contribution in [0.1, 0.15) is 44.9 Å². The Hall–Kier alpha value is -3.05. The molecule has 1 N–H and O–H groups in total. The number of aryl methyl sites for hydroxylation is 1. The number of methoxy groups -OCH3 is 1. The van der Waals surface area contributed by atoms with E-state index >= 15 is 0 Å². The first-order valence-corrected chi connectivity index (χ1v) is 13.4. The zero-order valence-electron chi connectivity index (χ0n) is 20.9. The van der Waals surface area contributed by atoms with Crippen molar-refractivity contribution in [3.05, 3.63) is 58.2 Å². The molecule has 0 spiro atoms. The largest absolute Gasteiger partial charge is 0.495 e. The number of amides is 1. The number of nitrogens with zero attached hydrogens (tertiary/aromatic N) is 1. The molecule has 0 aliphatic carbocycles. The maximum absolute atomic E-state index is 13.7. The summed E-state index contributed by atoms with van der Waals surface area (Å²) < 4.78 is 45.1. The second kappa shape index (κ2) is 10.5. The van der Waals surface area contributed by atoms with Crippen LogP contribution in [0.2, 0.25) is 0 Å². The van der Waals surface area contributed by atoms with Crippen molar-refractivity contribution in [3.8, 4) is 5.75 Å². The quantitative estimate of drug-likeness (QED) is 0.387. The third-order valence-electron chi connectivity index (χ3n) is 5.15. The van der Waals surface area contributed by atoms with Gasteiger partial charge in [-0.1, -0.05) is 33.6 Å². The molecule has 0 aliphatic heterocycles. The lowest BCUT2D eigenvalue weighted by atomic mass is 10.1. The molecule has 2 aromatic carbocycles. The number of ether oxygens (including phenoxy) is 3. The van der Waals surface area contributed by atoms with Crippen LogP contribution in [0.5, 0.6) is 5.75 Å². The molecule has 0 saturated carbocycles. The van der Waals surface area contributed by atoms with Gasteiger partial charge in [-0.25, -0.2) is 22.0 Å². The Morgan fingerprint density at radius 1 is 1.11 bits per heavy atom. The molecule has 194 valence electrons. The van der Waals surface area contributed by atoms with Crippen molar-refractivity contribution in [2.75, 3.05) is 13.7 Å². The SMILES string of the molecule is CCOC(=O)C(NC(=O)OC(C)(C)C)c1cn(S(=O)(=O)c2ccc(C)cc2)c2c(OC)ccc(Br)c12. The predicted octanol–water partition coefficient (Wildman–Crippen LogP) is 5.09. The Kier molecular flexibility index (Phi) is 8.04. The molecule has 11 heteroatoms. The normalized spacial score (nSPS) is 12.8. The fraction of sp³-hybridized carbons (Fsp3) is 0.360. The number of esters is 1. The average molecular weight is 581 g/mol. The van der Waals surface area contributed by atoms with Crippen molar-refractivity contribution in [2.45, 2.75) is 51.2 Å². The van der Waals surface area contributed by atoms with Gasteiger partial charge in [-0.3, -0.25) is 0 Å². The highest BCUT2D eigenvalue weighted by molar-refractivity contribution is 9.10. The third kappa shape index (κ3) is 5.67. The summed E-state index contributed by atoms with van der Waals surface area (Å²) in [6, 6.07) is 8.31. The van der Waals surface area contributed by atoms with Gasteiger partial charge in [0.2, 0.25) is 0 Å². The fourth-order valence-electron chi connectivity index (χ4n) is 3.61. The summed E-state index contributed by atoms with van der Waals surface area (Å²) in [7, 11) is -2.70. The highest BCUT2D eigenvalue weighted by atomic mass is 79.9. The molecule has 1 unspecified atom stereocenters. The van der Waals surface area contributed by atoms with Crippen LogP contribution in [0.3, 0.4) is 0 Å². The van der Waals surface area contributed by atoms with Crippen LogP contribution >= 0.6 is 15.9 Å². The third-order valence-corrected chi connectivity index (χ3v) is 7.48. The van der Waals surface area contributed by atoms with Crippen LogP contribution in [-0.4, -0.2) is 43.8 Å². The lowest BCUT2D eigenvalue weighted by molar-refractivity contribution is -0.145. The van der Waals surface area contributed by atoms with Crippen molar-refractivity contribution in [1.82, 2.24) is 9.29 Å². The minimum atomic E-state index is -4.12. The van der Waals surface area contributed by atoms with Crippen molar-refractivity contribution in [2.24, 2.45) is 0 Å². The highest BCUT2D eigenvalue weighted by Crippen LogP contribution is 2.40. The van der Waals surface area contributed by atoms with E-state index in [-0.39, 0.29) is 28.3 Å². The fourth-order valence-corrected chi connectivity index (χ4v) is 5.54. The van der Waals surface area contributed by atoms with Crippen LogP contribution in [0.4, 0.5) is 4.79 Å². The van der Waals surface area contributed by atoms with Crippen LogP contribution < -0.4 is 10.1 Å². The van der Waals surface area contributed by atoms with Crippen molar-refractivity contribution in [3.63, 3.8) is 0 Å². The Morgan fingerprint density at radius 2 is 1.75 bits per heavy atom. The summed E-state index contributed by atoms with van der Waals surface area (Å²) in [6.45, 7) is 8.60. The molecule has 1 heterocycles. The van der Waals surface area contributed by atoms with Gasteiger partial charge in [-0.2, -0.15) is 0 Å². The summed E-state index contributed by atoms with van der Waals surface area (Å²) in [5.41, 5.74) is 0.463. The monoisotopic (exact) mass is 580 g/mol. The number of halogens is 1. The summed E-state index contributed by atoms with van der Waals surface area (Å²) >= 11 is 3.47. The van der Waals surface area contributed by atoms with E-state index in [9.17, 15) is 18.0 Å². The molecule has 0 radical (unpaired) electrons. The van der Waals surface area contributed by atoms with Gasteiger partial charge in [0, 0.05) is 21.6 Å². The number of carbonyl (C=O) groups is 2. The summed E-state index contributed by atoms with van der Waals surface area (Å²) in [5, 5.41) is 2.90. The molecule has 9 nitrogen and oxygen atoms in total. The van der Waals surface area contributed by atoms with E-state index in [1.165, 1.54) is 25.4 Å². The molecule has 36 heavy (non-hydrogen) atoms. The van der Waals surface area contributed by atoms with Gasteiger partial charge in [-0.05, 0) is 58.9 Å². The Balaban J connectivity index is 2.31. The second-order valence-corrected chi connectivity index (χ2v) is 11.7. The van der Waals surface area contributed by atoms with Crippen LogP contribution in [-0.2, 0) is 24.3 Å². The number of benzene rings is 2. The minimum Gasteiger partial charge on any atom is -0.495 e. The maximum Gasteiger partial charge on any atom is 0.408 e. The molecule has 1 aromatic heterocycles. The molecule has 0 bridgehead atoms. The predicted molar refractivity (Wildman–Crippen MR) is 139 cm³/mol. The Labute approximate surface area is 218 Å². The molecule has 1 amide bonds. The highest BCUT2D eigenvalue weighted by Gasteiger charge is 2.34. The van der Waals surface area contributed by atoms with E-state index in [4.69, 9.17) is 14.2 Å². The number of rotatable bonds is 7. The average Bonchev–Trinajstić information content (AvgIpc) is 3.19.